The van der Waals surface area contributed by atoms with Crippen molar-refractivity contribution in [1.29, 1.82) is 5.26 Å². The molecule has 104 valence electrons. The summed E-state index contributed by atoms with van der Waals surface area (Å²) in [6, 6.07) is 2.26. The van der Waals surface area contributed by atoms with Crippen LogP contribution in [0.5, 0.6) is 0 Å². The second-order valence-electron chi connectivity index (χ2n) is 6.24. The van der Waals surface area contributed by atoms with Gasteiger partial charge in [0.1, 0.15) is 16.6 Å². The first-order valence-corrected chi connectivity index (χ1v) is 7.94. The van der Waals surface area contributed by atoms with Crippen molar-refractivity contribution in [1.82, 2.24) is 4.37 Å². The van der Waals surface area contributed by atoms with Gasteiger partial charge in [0.25, 0.3) is 0 Å². The van der Waals surface area contributed by atoms with Gasteiger partial charge in [-0.2, -0.15) is 9.64 Å². The fourth-order valence-electron chi connectivity index (χ4n) is 3.33. The van der Waals surface area contributed by atoms with Crippen LogP contribution in [0.1, 0.15) is 57.2 Å². The van der Waals surface area contributed by atoms with E-state index in [1.807, 2.05) is 6.92 Å². The number of nitriles is 1. The summed E-state index contributed by atoms with van der Waals surface area (Å²) in [5, 5.41) is 13.6. The predicted molar refractivity (Wildman–Crippen MR) is 80.4 cm³/mol. The van der Waals surface area contributed by atoms with Crippen molar-refractivity contribution in [3.05, 3.63) is 11.3 Å². The molecule has 1 fully saturated rings. The van der Waals surface area contributed by atoms with E-state index >= 15 is 0 Å². The fraction of sp³-hybridized carbons (Fsp3) is 0.733. The molecule has 0 aliphatic heterocycles. The van der Waals surface area contributed by atoms with Crippen LogP contribution in [0.15, 0.2) is 0 Å². The molecule has 0 amide bonds. The highest BCUT2D eigenvalue weighted by Gasteiger charge is 2.34. The lowest BCUT2D eigenvalue weighted by Gasteiger charge is -2.31. The van der Waals surface area contributed by atoms with Gasteiger partial charge in [-0.15, -0.1) is 0 Å². The summed E-state index contributed by atoms with van der Waals surface area (Å²) in [7, 11) is 0. The lowest BCUT2D eigenvalue weighted by Crippen LogP contribution is -2.28. The molecule has 1 aliphatic carbocycles. The van der Waals surface area contributed by atoms with E-state index in [1.165, 1.54) is 43.6 Å². The van der Waals surface area contributed by atoms with E-state index in [9.17, 15) is 0 Å². The van der Waals surface area contributed by atoms with Crippen LogP contribution in [0.3, 0.4) is 0 Å². The largest absolute Gasteiger partial charge is 0.374 e. The second-order valence-corrected chi connectivity index (χ2v) is 7.02. The molecule has 0 saturated heterocycles. The number of hydrogen-bond donors (Lipinski definition) is 1. The summed E-state index contributed by atoms with van der Waals surface area (Å²) in [5.41, 5.74) is 2.00. The number of hydrogen-bond acceptors (Lipinski definition) is 4. The second kappa shape index (κ2) is 5.92. The molecule has 3 nitrogen and oxygen atoms in total. The van der Waals surface area contributed by atoms with E-state index in [1.54, 1.807) is 0 Å². The molecule has 1 heterocycles. The lowest BCUT2D eigenvalue weighted by atomic mass is 9.78. The van der Waals surface area contributed by atoms with Crippen molar-refractivity contribution >= 4 is 16.5 Å². The first-order valence-electron chi connectivity index (χ1n) is 7.16. The highest BCUT2D eigenvalue weighted by Crippen LogP contribution is 2.43. The van der Waals surface area contributed by atoms with Crippen LogP contribution in [-0.4, -0.2) is 10.9 Å². The molecule has 4 heteroatoms. The van der Waals surface area contributed by atoms with Crippen molar-refractivity contribution in [2.75, 3.05) is 11.9 Å². The maximum Gasteiger partial charge on any atom is 0.127 e. The Morgan fingerprint density at radius 2 is 2.11 bits per heavy atom. The maximum atomic E-state index is 9.17. The zero-order valence-electron chi connectivity index (χ0n) is 12.1. The number of nitrogens with zero attached hydrogens (tertiary/aromatic N) is 2. The fourth-order valence-corrected chi connectivity index (χ4v) is 4.07. The van der Waals surface area contributed by atoms with Gasteiger partial charge in [-0.1, -0.05) is 26.7 Å². The van der Waals surface area contributed by atoms with Gasteiger partial charge in [0.05, 0.1) is 5.69 Å². The highest BCUT2D eigenvalue weighted by atomic mass is 32.1. The third-order valence-electron chi connectivity index (χ3n) is 4.10. The number of aromatic nitrogens is 1. The average molecular weight is 277 g/mol. The van der Waals surface area contributed by atoms with Crippen molar-refractivity contribution < 1.29 is 0 Å². The minimum atomic E-state index is 0.429. The van der Waals surface area contributed by atoms with Gasteiger partial charge in [0.2, 0.25) is 0 Å². The van der Waals surface area contributed by atoms with Crippen LogP contribution in [0.4, 0.5) is 5.00 Å². The van der Waals surface area contributed by atoms with Gasteiger partial charge < -0.3 is 5.32 Å². The molecule has 0 unspecified atom stereocenters. The van der Waals surface area contributed by atoms with E-state index in [2.05, 4.69) is 29.6 Å². The van der Waals surface area contributed by atoms with Gasteiger partial charge in [-0.3, -0.25) is 0 Å². The van der Waals surface area contributed by atoms with E-state index < -0.39 is 0 Å². The Bertz CT molecular complexity index is 464. The molecule has 1 aromatic heterocycles. The zero-order valence-corrected chi connectivity index (χ0v) is 12.9. The van der Waals surface area contributed by atoms with Crippen LogP contribution in [-0.2, 0) is 0 Å². The third kappa shape index (κ3) is 3.27. The number of rotatable bonds is 5. The summed E-state index contributed by atoms with van der Waals surface area (Å²) in [4.78, 5) is 0. The Balaban J connectivity index is 2.05. The topological polar surface area (TPSA) is 48.7 Å². The SMILES string of the molecule is Cc1nsc(NCC2(CC(C)C)CCCC2)c1C#N. The van der Waals surface area contributed by atoms with Crippen molar-refractivity contribution in [3.63, 3.8) is 0 Å². The van der Waals surface area contributed by atoms with E-state index in [0.717, 1.165) is 28.7 Å². The zero-order chi connectivity index (χ0) is 13.9. The van der Waals surface area contributed by atoms with Crippen molar-refractivity contribution in [2.24, 2.45) is 11.3 Å². The Labute approximate surface area is 120 Å². The smallest absolute Gasteiger partial charge is 0.127 e. The molecule has 1 aliphatic rings. The van der Waals surface area contributed by atoms with Gasteiger partial charge in [-0.05, 0) is 49.1 Å². The van der Waals surface area contributed by atoms with Gasteiger partial charge >= 0.3 is 0 Å². The number of anilines is 1. The minimum absolute atomic E-state index is 0.429. The van der Waals surface area contributed by atoms with Crippen LogP contribution < -0.4 is 5.32 Å². The number of nitrogens with one attached hydrogen (secondary N) is 1. The molecule has 0 aromatic carbocycles. The monoisotopic (exact) mass is 277 g/mol. The minimum Gasteiger partial charge on any atom is -0.374 e. The molecule has 1 saturated carbocycles. The molecule has 19 heavy (non-hydrogen) atoms. The highest BCUT2D eigenvalue weighted by molar-refractivity contribution is 7.10. The normalized spacial score (nSPS) is 17.6. The summed E-state index contributed by atoms with van der Waals surface area (Å²) in [6.45, 7) is 7.50. The molecule has 0 bridgehead atoms. The lowest BCUT2D eigenvalue weighted by molar-refractivity contribution is 0.252. The van der Waals surface area contributed by atoms with Crippen molar-refractivity contribution in [3.8, 4) is 6.07 Å². The van der Waals surface area contributed by atoms with Gasteiger partial charge in [0.15, 0.2) is 0 Å². The molecular weight excluding hydrogens is 254 g/mol. The van der Waals surface area contributed by atoms with Gasteiger partial charge in [0, 0.05) is 6.54 Å². The molecule has 1 N–H and O–H groups in total. The molecule has 0 radical (unpaired) electrons. The van der Waals surface area contributed by atoms with E-state index in [-0.39, 0.29) is 0 Å². The summed E-state index contributed by atoms with van der Waals surface area (Å²) < 4.78 is 4.27. The Morgan fingerprint density at radius 3 is 2.68 bits per heavy atom. The predicted octanol–water partition coefficient (Wildman–Crippen LogP) is 4.34. The van der Waals surface area contributed by atoms with E-state index in [4.69, 9.17) is 5.26 Å². The van der Waals surface area contributed by atoms with Gasteiger partial charge in [-0.25, -0.2) is 0 Å². The molecular formula is C15H23N3S. The van der Waals surface area contributed by atoms with Crippen LogP contribution in [0.2, 0.25) is 0 Å². The van der Waals surface area contributed by atoms with Crippen LogP contribution in [0.25, 0.3) is 0 Å². The van der Waals surface area contributed by atoms with Crippen LogP contribution in [0, 0.1) is 29.6 Å². The standard InChI is InChI=1S/C15H23N3S/c1-11(2)8-15(6-4-5-7-15)10-17-14-13(9-16)12(3)18-19-14/h11,17H,4-8,10H2,1-3H3. The third-order valence-corrected chi connectivity index (χ3v) is 5.00. The Kier molecular flexibility index (Phi) is 4.46. The molecule has 0 atom stereocenters. The van der Waals surface area contributed by atoms with Crippen LogP contribution >= 0.6 is 11.5 Å². The first kappa shape index (κ1) is 14.3. The summed E-state index contributed by atoms with van der Waals surface area (Å²) in [6.07, 6.45) is 6.61. The van der Waals surface area contributed by atoms with E-state index in [0.29, 0.717) is 5.41 Å². The van der Waals surface area contributed by atoms with Crippen molar-refractivity contribution in [2.45, 2.75) is 52.9 Å². The molecule has 1 aromatic rings. The molecule has 2 rings (SSSR count). The first-order chi connectivity index (χ1) is 9.06. The number of aryl methyl sites for hydroxylation is 1. The quantitative estimate of drug-likeness (QED) is 0.871. The molecule has 0 spiro atoms. The summed E-state index contributed by atoms with van der Waals surface area (Å²) >= 11 is 1.42. The maximum absolute atomic E-state index is 9.17. The Morgan fingerprint density at radius 1 is 1.42 bits per heavy atom. The average Bonchev–Trinajstić information content (AvgIpc) is 2.93. The Hall–Kier alpha value is -1.08. The summed E-state index contributed by atoms with van der Waals surface area (Å²) in [5.74, 6) is 0.735.